The molecule has 2 aliphatic rings. The SMILES string of the molecule is CN(C)CC(=O)N(C)C(C)(C)C(=O)O.CN(C)CC(=O)ON1C(=O)CCC1=O.CN(C)CCOO.CNC(C)(C)C(=O)O.O=C1CCC(=O)N1O. The van der Waals surface area contributed by atoms with Crippen LogP contribution in [0, 0.1) is 0 Å². The molecule has 21 nitrogen and oxygen atoms in total. The zero-order chi connectivity index (χ0) is 40.9. The van der Waals surface area contributed by atoms with Crippen molar-refractivity contribution in [2.75, 3.05) is 82.6 Å². The van der Waals surface area contributed by atoms with Crippen LogP contribution in [0.2, 0.25) is 0 Å². The molecule has 2 rings (SSSR count). The summed E-state index contributed by atoms with van der Waals surface area (Å²) in [5, 5.41) is 36.8. The van der Waals surface area contributed by atoms with Gasteiger partial charge in [-0.15, -0.1) is 5.06 Å². The Morgan fingerprint density at radius 1 is 0.725 bits per heavy atom. The minimum Gasteiger partial charge on any atom is -0.480 e. The first-order valence-electron chi connectivity index (χ1n) is 15.4. The van der Waals surface area contributed by atoms with Crippen molar-refractivity contribution in [2.45, 2.75) is 64.5 Å². The van der Waals surface area contributed by atoms with Gasteiger partial charge in [-0.25, -0.2) is 14.5 Å². The van der Waals surface area contributed by atoms with Crippen molar-refractivity contribution in [1.29, 1.82) is 0 Å². The highest BCUT2D eigenvalue weighted by molar-refractivity contribution is 6.01. The van der Waals surface area contributed by atoms with Gasteiger partial charge < -0.3 is 35.1 Å². The number of nitrogens with one attached hydrogen (secondary N) is 1. The van der Waals surface area contributed by atoms with Gasteiger partial charge in [-0.05, 0) is 77.0 Å². The Labute approximate surface area is 298 Å². The summed E-state index contributed by atoms with van der Waals surface area (Å²) in [7, 11) is 13.9. The molecule has 5 amide bonds. The molecule has 51 heavy (non-hydrogen) atoms. The summed E-state index contributed by atoms with van der Waals surface area (Å²) < 4.78 is 0. The van der Waals surface area contributed by atoms with Gasteiger partial charge in [0.1, 0.15) is 11.1 Å². The average Bonchev–Trinajstić information content (AvgIpc) is 3.49. The molecule has 2 heterocycles. The molecule has 21 heteroatoms. The fourth-order valence-corrected chi connectivity index (χ4v) is 2.77. The highest BCUT2D eigenvalue weighted by Gasteiger charge is 2.35. The third kappa shape index (κ3) is 22.3. The van der Waals surface area contributed by atoms with Gasteiger partial charge in [0.2, 0.25) is 5.91 Å². The topological polar surface area (TPSA) is 267 Å². The second-order valence-electron chi connectivity index (χ2n) is 12.8. The number of imide groups is 2. The van der Waals surface area contributed by atoms with E-state index >= 15 is 0 Å². The lowest BCUT2D eigenvalue weighted by molar-refractivity contribution is -0.243. The fourth-order valence-electron chi connectivity index (χ4n) is 2.77. The highest BCUT2D eigenvalue weighted by Crippen LogP contribution is 2.13. The molecule has 2 saturated heterocycles. The number of amides is 5. The van der Waals surface area contributed by atoms with Gasteiger partial charge in [0.15, 0.2) is 0 Å². The molecule has 0 unspecified atom stereocenters. The molecular formula is C30H57N7O14. The maximum Gasteiger partial charge on any atom is 0.347 e. The third-order valence-electron chi connectivity index (χ3n) is 6.65. The quantitative estimate of drug-likeness (QED) is 0.0670. The second-order valence-corrected chi connectivity index (χ2v) is 12.8. The Morgan fingerprint density at radius 3 is 1.37 bits per heavy atom. The molecule has 0 bridgehead atoms. The molecule has 0 aromatic rings. The number of aliphatic carboxylic acids is 2. The lowest BCUT2D eigenvalue weighted by Gasteiger charge is -2.32. The van der Waals surface area contributed by atoms with Gasteiger partial charge in [0.05, 0.1) is 19.7 Å². The van der Waals surface area contributed by atoms with Gasteiger partial charge in [-0.2, -0.15) is 5.06 Å². The van der Waals surface area contributed by atoms with Crippen LogP contribution in [0.4, 0.5) is 0 Å². The van der Waals surface area contributed by atoms with Crippen LogP contribution in [-0.2, 0) is 48.1 Å². The normalized spacial score (nSPS) is 14.1. The number of nitrogens with zero attached hydrogens (tertiary/aromatic N) is 6. The van der Waals surface area contributed by atoms with Crippen LogP contribution in [0.5, 0.6) is 0 Å². The number of hydrogen-bond donors (Lipinski definition) is 5. The lowest BCUT2D eigenvalue weighted by atomic mass is 10.0. The van der Waals surface area contributed by atoms with E-state index < -0.39 is 52.6 Å². The monoisotopic (exact) mass is 739 g/mol. The van der Waals surface area contributed by atoms with Gasteiger partial charge in [-0.1, -0.05) is 0 Å². The van der Waals surface area contributed by atoms with Crippen molar-refractivity contribution in [1.82, 2.24) is 35.0 Å². The first kappa shape index (κ1) is 51.3. The molecule has 0 aromatic heterocycles. The molecule has 0 radical (unpaired) electrons. The first-order valence-corrected chi connectivity index (χ1v) is 15.4. The number of carbonyl (C=O) groups excluding carboxylic acids is 6. The Morgan fingerprint density at radius 2 is 1.14 bits per heavy atom. The number of hydroxylamine groups is 4. The van der Waals surface area contributed by atoms with Crippen LogP contribution in [0.3, 0.4) is 0 Å². The van der Waals surface area contributed by atoms with Crippen molar-refractivity contribution in [2.24, 2.45) is 0 Å². The lowest BCUT2D eigenvalue weighted by Crippen LogP contribution is -2.52. The Bertz CT molecular complexity index is 1140. The molecule has 0 aromatic carbocycles. The van der Waals surface area contributed by atoms with Crippen LogP contribution in [0.1, 0.15) is 53.4 Å². The Kier molecular flexibility index (Phi) is 25.1. The standard InChI is InChI=1S/C9H18N2O3.C8H12N2O4.C5H11NO2.C4H5NO3.C4H11NO2/c1-9(2,8(13)14)11(5)7(12)6-10(3)4;1-9(2)5-8(13)14-10-6(11)3-4-7(10)12;1-5(2,6-3)4(7)8;6-3-1-2-4(7)5(3)8;1-5(2)3-4-7-6/h6H2,1-5H3,(H,13,14);3-5H2,1-2H3;6H,1-3H3,(H,7,8);8H,1-2H2;6H,3-4H2,1-2H3. The molecule has 2 fully saturated rings. The van der Waals surface area contributed by atoms with Crippen molar-refractivity contribution in [3.63, 3.8) is 0 Å². The summed E-state index contributed by atoms with van der Waals surface area (Å²) in [5.74, 6) is -4.58. The number of carbonyl (C=O) groups is 8. The van der Waals surface area contributed by atoms with Crippen molar-refractivity contribution < 1.29 is 68.8 Å². The molecule has 0 atom stereocenters. The first-order chi connectivity index (χ1) is 23.2. The molecule has 0 saturated carbocycles. The van der Waals surface area contributed by atoms with E-state index in [9.17, 15) is 38.4 Å². The minimum atomic E-state index is -1.16. The predicted molar refractivity (Wildman–Crippen MR) is 180 cm³/mol. The molecule has 0 spiro atoms. The van der Waals surface area contributed by atoms with Gasteiger partial charge in [-0.3, -0.25) is 44.1 Å². The van der Waals surface area contributed by atoms with E-state index in [2.05, 4.69) is 15.0 Å². The maximum absolute atomic E-state index is 11.5. The van der Waals surface area contributed by atoms with E-state index in [0.29, 0.717) is 11.7 Å². The van der Waals surface area contributed by atoms with E-state index in [0.717, 1.165) is 6.54 Å². The summed E-state index contributed by atoms with van der Waals surface area (Å²) in [6.07, 6.45) is 0.535. The van der Waals surface area contributed by atoms with Crippen LogP contribution < -0.4 is 5.32 Å². The van der Waals surface area contributed by atoms with Gasteiger partial charge in [0, 0.05) is 39.3 Å². The number of likely N-dealkylation sites (N-methyl/N-ethyl adjacent to an activating group) is 5. The third-order valence-corrected chi connectivity index (χ3v) is 6.65. The molecule has 5 N–H and O–H groups in total. The van der Waals surface area contributed by atoms with E-state index in [4.69, 9.17) is 20.7 Å². The number of carboxylic acid groups (broad SMARTS) is 2. The highest BCUT2D eigenvalue weighted by atomic mass is 17.1. The number of hydrogen-bond acceptors (Lipinski definition) is 16. The summed E-state index contributed by atoms with van der Waals surface area (Å²) in [5.41, 5.74) is -1.95. The van der Waals surface area contributed by atoms with Crippen LogP contribution >= 0.6 is 0 Å². The second kappa shape index (κ2) is 24.9. The average molecular weight is 740 g/mol. The van der Waals surface area contributed by atoms with Crippen molar-refractivity contribution in [3.8, 4) is 0 Å². The smallest absolute Gasteiger partial charge is 0.347 e. The van der Waals surface area contributed by atoms with E-state index in [1.807, 2.05) is 19.0 Å². The molecule has 296 valence electrons. The van der Waals surface area contributed by atoms with Crippen molar-refractivity contribution >= 4 is 47.4 Å². The van der Waals surface area contributed by atoms with Gasteiger partial charge >= 0.3 is 17.9 Å². The zero-order valence-corrected chi connectivity index (χ0v) is 31.7. The summed E-state index contributed by atoms with van der Waals surface area (Å²) in [4.78, 5) is 101. The Hall–Kier alpha value is -4.12. The van der Waals surface area contributed by atoms with Crippen LogP contribution in [0.25, 0.3) is 0 Å². The minimum absolute atomic E-state index is 0.0387. The van der Waals surface area contributed by atoms with E-state index in [-0.39, 0.29) is 49.7 Å². The number of rotatable bonds is 12. The molecule has 0 aliphatic carbocycles. The van der Waals surface area contributed by atoms with Gasteiger partial charge in [0.25, 0.3) is 23.6 Å². The summed E-state index contributed by atoms with van der Waals surface area (Å²) >= 11 is 0. The van der Waals surface area contributed by atoms with Crippen LogP contribution in [0.15, 0.2) is 0 Å². The van der Waals surface area contributed by atoms with E-state index in [1.54, 1.807) is 58.9 Å². The summed E-state index contributed by atoms with van der Waals surface area (Å²) in [6, 6.07) is 0. The maximum atomic E-state index is 11.5. The number of carboxylic acids is 2. The largest absolute Gasteiger partial charge is 0.480 e. The molecular weight excluding hydrogens is 682 g/mol. The zero-order valence-electron chi connectivity index (χ0n) is 31.7. The predicted octanol–water partition coefficient (Wildman–Crippen LogP) is -1.34. The van der Waals surface area contributed by atoms with Crippen molar-refractivity contribution in [3.05, 3.63) is 0 Å². The molecule has 2 aliphatic heterocycles. The van der Waals surface area contributed by atoms with Crippen LogP contribution in [-0.4, -0.2) is 192 Å². The Balaban J connectivity index is -0.000000583. The van der Waals surface area contributed by atoms with E-state index in [1.165, 1.54) is 25.8 Å². The fraction of sp³-hybridized carbons (Fsp3) is 0.733. The summed E-state index contributed by atoms with van der Waals surface area (Å²) in [6.45, 7) is 7.62.